The largest absolute Gasteiger partial charge is 0.355 e. The summed E-state index contributed by atoms with van der Waals surface area (Å²) in [5.41, 5.74) is 3.86. The van der Waals surface area contributed by atoms with E-state index < -0.39 is 0 Å². The molecule has 0 fully saturated rings. The number of rotatable bonds is 8. The Hall–Kier alpha value is -3.67. The number of nitrogens with zero attached hydrogens (tertiary/aromatic N) is 1. The minimum atomic E-state index is -0.200. The van der Waals surface area contributed by atoms with Gasteiger partial charge in [-0.3, -0.25) is 14.6 Å². The third-order valence-corrected chi connectivity index (χ3v) is 4.23. The highest BCUT2D eigenvalue weighted by molar-refractivity contribution is 5.93. The van der Waals surface area contributed by atoms with Gasteiger partial charge in [-0.15, -0.1) is 0 Å². The van der Waals surface area contributed by atoms with Crippen LogP contribution in [0.2, 0.25) is 0 Å². The van der Waals surface area contributed by atoms with Crippen LogP contribution in [0.4, 0.5) is 17.1 Å². The van der Waals surface area contributed by atoms with Crippen molar-refractivity contribution in [1.29, 1.82) is 0 Å². The lowest BCUT2D eigenvalue weighted by atomic mass is 10.1. The normalized spacial score (nSPS) is 10.2. The lowest BCUT2D eigenvalue weighted by Crippen LogP contribution is -2.25. The summed E-state index contributed by atoms with van der Waals surface area (Å²) in [7, 11) is 0. The van der Waals surface area contributed by atoms with Crippen molar-refractivity contribution < 1.29 is 9.59 Å². The topological polar surface area (TPSA) is 83.1 Å². The lowest BCUT2D eigenvalue weighted by Gasteiger charge is -2.10. The smallest absolute Gasteiger partial charge is 0.269 e. The molecule has 148 valence electrons. The maximum Gasteiger partial charge on any atom is 0.269 e. The van der Waals surface area contributed by atoms with E-state index in [1.165, 1.54) is 12.5 Å². The van der Waals surface area contributed by atoms with Crippen molar-refractivity contribution in [2.75, 3.05) is 17.2 Å². The van der Waals surface area contributed by atoms with Gasteiger partial charge in [0.1, 0.15) is 5.69 Å². The summed E-state index contributed by atoms with van der Waals surface area (Å²) in [5, 5.41) is 8.89. The van der Waals surface area contributed by atoms with Crippen LogP contribution in [0.15, 0.2) is 72.9 Å². The van der Waals surface area contributed by atoms with Crippen molar-refractivity contribution in [2.24, 2.45) is 0 Å². The van der Waals surface area contributed by atoms with Crippen molar-refractivity contribution in [1.82, 2.24) is 10.3 Å². The highest BCUT2D eigenvalue weighted by atomic mass is 16.2. The molecule has 0 unspecified atom stereocenters. The summed E-state index contributed by atoms with van der Waals surface area (Å²) in [5.74, 6) is -0.328. The van der Waals surface area contributed by atoms with Crippen LogP contribution in [-0.2, 0) is 11.2 Å². The van der Waals surface area contributed by atoms with Crippen molar-refractivity contribution in [3.63, 3.8) is 0 Å². The Labute approximate surface area is 170 Å². The first-order chi connectivity index (χ1) is 14.1. The molecule has 0 atom stereocenters. The van der Waals surface area contributed by atoms with Gasteiger partial charge >= 0.3 is 0 Å². The van der Waals surface area contributed by atoms with E-state index in [1.807, 2.05) is 42.5 Å². The Kier molecular flexibility index (Phi) is 6.95. The fraction of sp³-hybridized carbons (Fsp3) is 0.174. The van der Waals surface area contributed by atoms with Crippen molar-refractivity contribution in [3.05, 3.63) is 84.2 Å². The van der Waals surface area contributed by atoms with Crippen LogP contribution in [0.5, 0.6) is 0 Å². The summed E-state index contributed by atoms with van der Waals surface area (Å²) < 4.78 is 0. The van der Waals surface area contributed by atoms with Gasteiger partial charge in [0.05, 0.1) is 0 Å². The molecule has 3 N–H and O–H groups in total. The number of carbonyl (C=O) groups is 2. The number of nitrogens with one attached hydrogen (secondary N) is 3. The van der Waals surface area contributed by atoms with Gasteiger partial charge in [-0.1, -0.05) is 36.4 Å². The predicted octanol–water partition coefficient (Wildman–Crippen LogP) is 4.15. The Balaban J connectivity index is 1.54. The van der Waals surface area contributed by atoms with E-state index in [-0.39, 0.29) is 11.8 Å². The second-order valence-corrected chi connectivity index (χ2v) is 6.66. The van der Waals surface area contributed by atoms with Crippen LogP contribution in [-0.4, -0.2) is 23.3 Å². The lowest BCUT2D eigenvalue weighted by molar-refractivity contribution is -0.114. The van der Waals surface area contributed by atoms with Crippen LogP contribution < -0.4 is 16.0 Å². The molecule has 3 rings (SSSR count). The summed E-state index contributed by atoms with van der Waals surface area (Å²) in [4.78, 5) is 27.8. The number of amides is 2. The molecule has 0 radical (unpaired) electrons. The van der Waals surface area contributed by atoms with E-state index in [1.54, 1.807) is 18.3 Å². The van der Waals surface area contributed by atoms with Gasteiger partial charge in [-0.05, 0) is 48.7 Å². The molecule has 1 heterocycles. The SMILES string of the molecule is CC(=O)Nc1cccc(Nc2ccnc(C(=O)NCCCc3ccccc3)c2)c1. The first-order valence-electron chi connectivity index (χ1n) is 9.53. The summed E-state index contributed by atoms with van der Waals surface area (Å²) in [6.45, 7) is 2.06. The van der Waals surface area contributed by atoms with Gasteiger partial charge in [0, 0.05) is 36.7 Å². The van der Waals surface area contributed by atoms with E-state index >= 15 is 0 Å². The average Bonchev–Trinajstić information content (AvgIpc) is 2.72. The molecule has 0 aliphatic rings. The fourth-order valence-electron chi connectivity index (χ4n) is 2.91. The predicted molar refractivity (Wildman–Crippen MR) is 115 cm³/mol. The standard InChI is InChI=1S/C23H24N4O2/c1-17(28)26-19-10-5-11-20(15-19)27-21-12-14-24-22(16-21)23(29)25-13-6-9-18-7-3-2-4-8-18/h2-5,7-8,10-12,14-16H,6,9,13H2,1H3,(H,24,27)(H,25,29)(H,26,28). The maximum absolute atomic E-state index is 12.4. The van der Waals surface area contributed by atoms with Crippen LogP contribution in [0.1, 0.15) is 29.4 Å². The van der Waals surface area contributed by atoms with E-state index in [9.17, 15) is 9.59 Å². The third-order valence-electron chi connectivity index (χ3n) is 4.23. The molecule has 3 aromatic rings. The molecule has 1 aromatic heterocycles. The van der Waals surface area contributed by atoms with E-state index in [4.69, 9.17) is 0 Å². The van der Waals surface area contributed by atoms with Gasteiger partial charge in [-0.2, -0.15) is 0 Å². The minimum Gasteiger partial charge on any atom is -0.355 e. The quantitative estimate of drug-likeness (QED) is 0.506. The molecule has 2 amide bonds. The zero-order valence-electron chi connectivity index (χ0n) is 16.3. The first kappa shape index (κ1) is 20.1. The second kappa shape index (κ2) is 10.0. The first-order valence-corrected chi connectivity index (χ1v) is 9.53. The van der Waals surface area contributed by atoms with Crippen molar-refractivity contribution in [3.8, 4) is 0 Å². The molecule has 6 nitrogen and oxygen atoms in total. The van der Waals surface area contributed by atoms with E-state index in [0.29, 0.717) is 17.9 Å². The van der Waals surface area contributed by atoms with Gasteiger partial charge in [0.15, 0.2) is 0 Å². The number of hydrogen-bond acceptors (Lipinski definition) is 4. The highest BCUT2D eigenvalue weighted by Crippen LogP contribution is 2.20. The molecular weight excluding hydrogens is 364 g/mol. The minimum absolute atomic E-state index is 0.128. The summed E-state index contributed by atoms with van der Waals surface area (Å²) in [6.07, 6.45) is 3.38. The number of hydrogen-bond donors (Lipinski definition) is 3. The molecule has 6 heteroatoms. The molecule has 0 saturated carbocycles. The monoisotopic (exact) mass is 388 g/mol. The molecule has 0 aliphatic heterocycles. The van der Waals surface area contributed by atoms with Crippen LogP contribution in [0, 0.1) is 0 Å². The van der Waals surface area contributed by atoms with Gasteiger partial charge in [0.2, 0.25) is 5.91 Å². The Bertz CT molecular complexity index is 973. The highest BCUT2D eigenvalue weighted by Gasteiger charge is 2.08. The average molecular weight is 388 g/mol. The van der Waals surface area contributed by atoms with Gasteiger partial charge in [0.25, 0.3) is 5.91 Å². The van der Waals surface area contributed by atoms with Crippen molar-refractivity contribution in [2.45, 2.75) is 19.8 Å². The number of benzene rings is 2. The van der Waals surface area contributed by atoms with Crippen LogP contribution in [0.3, 0.4) is 0 Å². The zero-order valence-corrected chi connectivity index (χ0v) is 16.3. The number of carbonyl (C=O) groups excluding carboxylic acids is 2. The van der Waals surface area contributed by atoms with Gasteiger partial charge < -0.3 is 16.0 Å². The van der Waals surface area contributed by atoms with Crippen LogP contribution in [0.25, 0.3) is 0 Å². The maximum atomic E-state index is 12.4. The fourth-order valence-corrected chi connectivity index (χ4v) is 2.91. The van der Waals surface area contributed by atoms with Crippen LogP contribution >= 0.6 is 0 Å². The molecule has 0 bridgehead atoms. The second-order valence-electron chi connectivity index (χ2n) is 6.66. The third kappa shape index (κ3) is 6.46. The molecule has 0 spiro atoms. The number of anilines is 3. The molecule has 0 saturated heterocycles. The molecule has 2 aromatic carbocycles. The summed E-state index contributed by atoms with van der Waals surface area (Å²) in [6, 6.07) is 21.1. The molecule has 0 aliphatic carbocycles. The molecule has 29 heavy (non-hydrogen) atoms. The number of aromatic nitrogens is 1. The van der Waals surface area contributed by atoms with Crippen molar-refractivity contribution >= 4 is 28.9 Å². The Morgan fingerprint density at radius 3 is 2.45 bits per heavy atom. The number of pyridine rings is 1. The Morgan fingerprint density at radius 2 is 1.66 bits per heavy atom. The van der Waals surface area contributed by atoms with E-state index in [0.717, 1.165) is 24.2 Å². The Morgan fingerprint density at radius 1 is 0.897 bits per heavy atom. The zero-order chi connectivity index (χ0) is 20.5. The number of aryl methyl sites for hydroxylation is 1. The molecular formula is C23H24N4O2. The van der Waals surface area contributed by atoms with E-state index in [2.05, 4.69) is 33.1 Å². The summed E-state index contributed by atoms with van der Waals surface area (Å²) >= 11 is 0. The van der Waals surface area contributed by atoms with Gasteiger partial charge in [-0.25, -0.2) is 0 Å².